The zero-order valence-corrected chi connectivity index (χ0v) is 16.4. The highest BCUT2D eigenvalue weighted by atomic mass is 32.2. The predicted molar refractivity (Wildman–Crippen MR) is 108 cm³/mol. The van der Waals surface area contributed by atoms with Gasteiger partial charge in [-0.3, -0.25) is 4.79 Å². The summed E-state index contributed by atoms with van der Waals surface area (Å²) in [6, 6.07) is 13.6. The maximum Gasteiger partial charge on any atom is 0.235 e. The Balaban J connectivity index is 1.83. The van der Waals surface area contributed by atoms with Crippen LogP contribution >= 0.6 is 11.8 Å². The van der Waals surface area contributed by atoms with Crippen molar-refractivity contribution in [3.63, 3.8) is 0 Å². The minimum Gasteiger partial charge on any atom is -0.389 e. The molecule has 3 N–H and O–H groups in total. The fourth-order valence-corrected chi connectivity index (χ4v) is 4.58. The number of thioether (sulfide) groups is 1. The third-order valence-electron chi connectivity index (χ3n) is 5.14. The summed E-state index contributed by atoms with van der Waals surface area (Å²) < 4.78 is 0. The van der Waals surface area contributed by atoms with E-state index in [0.29, 0.717) is 40.6 Å². The topological polar surface area (TPSA) is 127 Å². The average Bonchev–Trinajstić information content (AvgIpc) is 3.54. The number of aromatic nitrogens is 1. The van der Waals surface area contributed by atoms with E-state index in [1.807, 2.05) is 35.2 Å². The Morgan fingerprint density at radius 3 is 2.38 bits per heavy atom. The van der Waals surface area contributed by atoms with E-state index in [9.17, 15) is 20.4 Å². The molecule has 2 aliphatic rings. The summed E-state index contributed by atoms with van der Waals surface area (Å²) in [6.07, 6.45) is 1.37. The van der Waals surface area contributed by atoms with Crippen molar-refractivity contribution in [1.29, 1.82) is 10.5 Å². The van der Waals surface area contributed by atoms with E-state index in [2.05, 4.69) is 17.1 Å². The van der Waals surface area contributed by atoms with Gasteiger partial charge in [0, 0.05) is 13.1 Å². The van der Waals surface area contributed by atoms with E-state index >= 15 is 0 Å². The first-order chi connectivity index (χ1) is 14.0. The van der Waals surface area contributed by atoms with Gasteiger partial charge in [0.05, 0.1) is 17.2 Å². The molecule has 29 heavy (non-hydrogen) atoms. The highest BCUT2D eigenvalue weighted by Gasteiger charge is 2.37. The van der Waals surface area contributed by atoms with Crippen molar-refractivity contribution in [2.45, 2.75) is 35.1 Å². The van der Waals surface area contributed by atoms with E-state index in [0.717, 1.165) is 30.2 Å². The third kappa shape index (κ3) is 3.65. The van der Waals surface area contributed by atoms with Crippen LogP contribution in [-0.2, 0) is 4.79 Å². The Morgan fingerprint density at radius 1 is 1.21 bits per heavy atom. The van der Waals surface area contributed by atoms with Crippen molar-refractivity contribution in [2.75, 3.05) is 18.0 Å². The van der Waals surface area contributed by atoms with Crippen molar-refractivity contribution in [2.24, 2.45) is 5.73 Å². The lowest BCUT2D eigenvalue weighted by atomic mass is 9.98. The molecule has 0 bridgehead atoms. The molecular weight excluding hydrogens is 386 g/mol. The molecule has 2 fully saturated rings. The van der Waals surface area contributed by atoms with Gasteiger partial charge in [0.15, 0.2) is 0 Å². The second-order valence-corrected chi connectivity index (χ2v) is 8.37. The molecular formula is C21H19N5O2S. The molecule has 1 aromatic heterocycles. The smallest absolute Gasteiger partial charge is 0.235 e. The summed E-state index contributed by atoms with van der Waals surface area (Å²) in [6.45, 7) is 0.777. The second kappa shape index (κ2) is 7.75. The molecule has 1 saturated carbocycles. The maximum atomic E-state index is 12.2. The van der Waals surface area contributed by atoms with E-state index in [1.54, 1.807) is 0 Å². The Morgan fingerprint density at radius 2 is 1.86 bits per heavy atom. The molecule has 0 spiro atoms. The van der Waals surface area contributed by atoms with Gasteiger partial charge in [-0.15, -0.1) is 0 Å². The summed E-state index contributed by atoms with van der Waals surface area (Å²) in [5.74, 6) is 0.0954. The molecule has 1 saturated heterocycles. The molecule has 4 rings (SSSR count). The largest absolute Gasteiger partial charge is 0.389 e. The van der Waals surface area contributed by atoms with Gasteiger partial charge >= 0.3 is 0 Å². The molecule has 146 valence electrons. The van der Waals surface area contributed by atoms with Crippen LogP contribution in [0.15, 0.2) is 35.4 Å². The number of nitrogens with two attached hydrogens (primary N) is 1. The van der Waals surface area contributed by atoms with Gasteiger partial charge in [0.25, 0.3) is 0 Å². The molecule has 1 aromatic carbocycles. The molecule has 1 aliphatic carbocycles. The first-order valence-electron chi connectivity index (χ1n) is 9.35. The normalized spacial score (nSPS) is 17.1. The molecule has 1 unspecified atom stereocenters. The van der Waals surface area contributed by atoms with Gasteiger partial charge in [-0.2, -0.15) is 10.5 Å². The Bertz CT molecular complexity index is 1030. The van der Waals surface area contributed by atoms with Gasteiger partial charge in [0.1, 0.15) is 28.2 Å². The summed E-state index contributed by atoms with van der Waals surface area (Å²) >= 11 is 1.14. The van der Waals surface area contributed by atoms with Gasteiger partial charge in [-0.1, -0.05) is 42.1 Å². The number of aliphatic hydroxyl groups is 1. The zero-order chi connectivity index (χ0) is 20.5. The fourth-order valence-electron chi connectivity index (χ4n) is 3.54. The maximum absolute atomic E-state index is 12.2. The molecule has 2 aromatic rings. The van der Waals surface area contributed by atoms with Crippen molar-refractivity contribution in [3.8, 4) is 12.1 Å². The highest BCUT2D eigenvalue weighted by Crippen LogP contribution is 2.48. The quantitative estimate of drug-likeness (QED) is 0.705. The van der Waals surface area contributed by atoms with E-state index < -0.39 is 17.3 Å². The van der Waals surface area contributed by atoms with E-state index in [-0.39, 0.29) is 5.92 Å². The van der Waals surface area contributed by atoms with Crippen LogP contribution in [0.3, 0.4) is 0 Å². The van der Waals surface area contributed by atoms with Crippen molar-refractivity contribution in [1.82, 2.24) is 4.98 Å². The second-order valence-electron chi connectivity index (χ2n) is 7.27. The standard InChI is InChI=1S/C21H19N5O2S/c22-8-15-17(12-6-7-12)16(9-23)21(25-20(15)26-10-14(27)11-26)29-18(19(24)28)13-4-2-1-3-5-13/h1-5,12,14,18,27H,6-7,10-11H2,(H2,24,28). The number of aliphatic hydroxyl groups excluding tert-OH is 1. The van der Waals surface area contributed by atoms with Gasteiger partial charge in [-0.25, -0.2) is 4.98 Å². The number of β-amino-alcohol motifs (C(OH)–C–C–N with tert-alkyl or cyclic N) is 1. The summed E-state index contributed by atoms with van der Waals surface area (Å²) in [5.41, 5.74) is 7.85. The lowest BCUT2D eigenvalue weighted by molar-refractivity contribution is -0.117. The molecule has 1 atom stereocenters. The molecule has 1 aliphatic heterocycles. The van der Waals surface area contributed by atoms with E-state index in [1.165, 1.54) is 0 Å². The zero-order valence-electron chi connectivity index (χ0n) is 15.6. The SMILES string of the molecule is N#Cc1c(SC(C(N)=O)c2ccccc2)nc(N2CC(O)C2)c(C#N)c1C1CC1. The van der Waals surface area contributed by atoms with Crippen LogP contribution in [0.4, 0.5) is 5.82 Å². The highest BCUT2D eigenvalue weighted by molar-refractivity contribution is 8.00. The first kappa shape index (κ1) is 19.3. The molecule has 2 heterocycles. The molecule has 0 radical (unpaired) electrons. The molecule has 7 nitrogen and oxygen atoms in total. The number of nitriles is 2. The Hall–Kier alpha value is -3.07. The summed E-state index contributed by atoms with van der Waals surface area (Å²) in [5, 5.41) is 29.1. The van der Waals surface area contributed by atoms with Gasteiger partial charge in [-0.05, 0) is 29.9 Å². The lowest BCUT2D eigenvalue weighted by Gasteiger charge is -2.38. The summed E-state index contributed by atoms with van der Waals surface area (Å²) in [7, 11) is 0. The van der Waals surface area contributed by atoms with Crippen LogP contribution in [0.5, 0.6) is 0 Å². The molecule has 8 heteroatoms. The number of carbonyl (C=O) groups excluding carboxylic acids is 1. The van der Waals surface area contributed by atoms with E-state index in [4.69, 9.17) is 5.73 Å². The number of benzene rings is 1. The Labute approximate surface area is 172 Å². The first-order valence-corrected chi connectivity index (χ1v) is 10.2. The van der Waals surface area contributed by atoms with Crippen LogP contribution in [0.2, 0.25) is 0 Å². The number of amides is 1. The Kier molecular flexibility index (Phi) is 5.14. The van der Waals surface area contributed by atoms with Crippen molar-refractivity contribution >= 4 is 23.5 Å². The number of hydrogen-bond acceptors (Lipinski definition) is 7. The number of rotatable bonds is 6. The van der Waals surface area contributed by atoms with Crippen molar-refractivity contribution in [3.05, 3.63) is 52.6 Å². The minimum atomic E-state index is -0.703. The average molecular weight is 405 g/mol. The molecule has 1 amide bonds. The fraction of sp³-hybridized carbons (Fsp3) is 0.333. The monoisotopic (exact) mass is 405 g/mol. The summed E-state index contributed by atoms with van der Waals surface area (Å²) in [4.78, 5) is 18.6. The van der Waals surface area contributed by atoms with Gasteiger partial charge in [0.2, 0.25) is 5.91 Å². The third-order valence-corrected chi connectivity index (χ3v) is 6.40. The van der Waals surface area contributed by atoms with Crippen LogP contribution in [-0.4, -0.2) is 35.2 Å². The van der Waals surface area contributed by atoms with Crippen molar-refractivity contribution < 1.29 is 9.90 Å². The number of nitrogens with zero attached hydrogens (tertiary/aromatic N) is 4. The lowest BCUT2D eigenvalue weighted by Crippen LogP contribution is -2.51. The number of primary amides is 1. The number of pyridine rings is 1. The van der Waals surface area contributed by atoms with Crippen LogP contribution in [0.1, 0.15) is 46.3 Å². The minimum absolute atomic E-state index is 0.148. The van der Waals surface area contributed by atoms with Crippen LogP contribution in [0, 0.1) is 22.7 Å². The number of hydrogen-bond donors (Lipinski definition) is 2. The predicted octanol–water partition coefficient (Wildman–Crippen LogP) is 2.20. The number of carbonyl (C=O) groups is 1. The van der Waals surface area contributed by atoms with Crippen LogP contribution < -0.4 is 10.6 Å². The van der Waals surface area contributed by atoms with Gasteiger partial charge < -0.3 is 15.7 Å². The number of anilines is 1. The van der Waals surface area contributed by atoms with Crippen LogP contribution in [0.25, 0.3) is 0 Å².